The van der Waals surface area contributed by atoms with Crippen molar-refractivity contribution >= 4 is 17.8 Å². The SMILES string of the molecule is CCc1ccc(C(=O)N[C@@H](CCC(=O)OC)C(=O)O)o1. The van der Waals surface area contributed by atoms with Gasteiger partial charge in [0.1, 0.15) is 11.8 Å². The quantitative estimate of drug-likeness (QED) is 0.722. The second kappa shape index (κ2) is 7.32. The van der Waals surface area contributed by atoms with Gasteiger partial charge < -0.3 is 19.6 Å². The van der Waals surface area contributed by atoms with Crippen LogP contribution in [0.2, 0.25) is 0 Å². The lowest BCUT2D eigenvalue weighted by atomic mass is 10.1. The molecule has 1 amide bonds. The summed E-state index contributed by atoms with van der Waals surface area (Å²) in [5.41, 5.74) is 0. The monoisotopic (exact) mass is 283 g/mol. The third kappa shape index (κ3) is 4.42. The molecule has 1 aromatic heterocycles. The van der Waals surface area contributed by atoms with E-state index in [0.717, 1.165) is 0 Å². The lowest BCUT2D eigenvalue weighted by Gasteiger charge is -2.12. The van der Waals surface area contributed by atoms with E-state index in [1.165, 1.54) is 13.2 Å². The van der Waals surface area contributed by atoms with Crippen LogP contribution in [-0.4, -0.2) is 36.1 Å². The van der Waals surface area contributed by atoms with Gasteiger partial charge in [-0.15, -0.1) is 0 Å². The molecule has 0 radical (unpaired) electrons. The Kier molecular flexibility index (Phi) is 5.76. The summed E-state index contributed by atoms with van der Waals surface area (Å²) in [5, 5.41) is 11.3. The third-order valence-corrected chi connectivity index (χ3v) is 2.70. The molecule has 0 saturated heterocycles. The topological polar surface area (TPSA) is 106 Å². The Labute approximate surface area is 115 Å². The summed E-state index contributed by atoms with van der Waals surface area (Å²) in [6.07, 6.45) is 0.499. The van der Waals surface area contributed by atoms with Gasteiger partial charge in [-0.3, -0.25) is 9.59 Å². The largest absolute Gasteiger partial charge is 0.480 e. The molecule has 0 aliphatic rings. The highest BCUT2D eigenvalue weighted by Crippen LogP contribution is 2.09. The summed E-state index contributed by atoms with van der Waals surface area (Å²) >= 11 is 0. The zero-order chi connectivity index (χ0) is 15.1. The number of aryl methyl sites for hydroxylation is 1. The number of aliphatic carboxylic acids is 1. The molecule has 7 nitrogen and oxygen atoms in total. The summed E-state index contributed by atoms with van der Waals surface area (Å²) in [6.45, 7) is 1.87. The van der Waals surface area contributed by atoms with Crippen LogP contribution in [0.5, 0.6) is 0 Å². The number of hydrogen-bond acceptors (Lipinski definition) is 5. The Morgan fingerprint density at radius 1 is 1.40 bits per heavy atom. The van der Waals surface area contributed by atoms with E-state index in [-0.39, 0.29) is 18.6 Å². The molecule has 2 N–H and O–H groups in total. The van der Waals surface area contributed by atoms with Gasteiger partial charge in [0.25, 0.3) is 5.91 Å². The van der Waals surface area contributed by atoms with Gasteiger partial charge in [-0.05, 0) is 18.6 Å². The number of carboxylic acid groups (broad SMARTS) is 1. The molecule has 0 aromatic carbocycles. The highest BCUT2D eigenvalue weighted by atomic mass is 16.5. The van der Waals surface area contributed by atoms with Crippen LogP contribution in [0.3, 0.4) is 0 Å². The van der Waals surface area contributed by atoms with Gasteiger partial charge in [-0.25, -0.2) is 4.79 Å². The first-order chi connectivity index (χ1) is 9.47. The standard InChI is InChI=1S/C13H17NO6/c1-3-8-4-6-10(20-8)12(16)14-9(13(17)18)5-7-11(15)19-2/h4,6,9H,3,5,7H2,1-2H3,(H,14,16)(H,17,18)/t9-/m0/s1. The predicted molar refractivity (Wildman–Crippen MR) is 68.2 cm³/mol. The zero-order valence-corrected chi connectivity index (χ0v) is 11.3. The molecule has 0 saturated carbocycles. The van der Waals surface area contributed by atoms with Crippen molar-refractivity contribution in [1.29, 1.82) is 0 Å². The normalized spacial score (nSPS) is 11.7. The van der Waals surface area contributed by atoms with Crippen LogP contribution >= 0.6 is 0 Å². The fraction of sp³-hybridized carbons (Fsp3) is 0.462. The third-order valence-electron chi connectivity index (χ3n) is 2.70. The molecular formula is C13H17NO6. The molecule has 1 rings (SSSR count). The van der Waals surface area contributed by atoms with Gasteiger partial charge in [-0.2, -0.15) is 0 Å². The Balaban J connectivity index is 2.63. The molecule has 0 fully saturated rings. The zero-order valence-electron chi connectivity index (χ0n) is 11.3. The summed E-state index contributed by atoms with van der Waals surface area (Å²) < 4.78 is 9.65. The summed E-state index contributed by atoms with van der Waals surface area (Å²) in [4.78, 5) is 33.8. The van der Waals surface area contributed by atoms with Gasteiger partial charge >= 0.3 is 11.9 Å². The smallest absolute Gasteiger partial charge is 0.326 e. The number of carbonyl (C=O) groups excluding carboxylic acids is 2. The van der Waals surface area contributed by atoms with Crippen molar-refractivity contribution in [2.75, 3.05) is 7.11 Å². The van der Waals surface area contributed by atoms with E-state index in [2.05, 4.69) is 10.1 Å². The maximum Gasteiger partial charge on any atom is 0.326 e. The van der Waals surface area contributed by atoms with Crippen molar-refractivity contribution in [1.82, 2.24) is 5.32 Å². The lowest BCUT2D eigenvalue weighted by Crippen LogP contribution is -2.41. The average Bonchev–Trinajstić information content (AvgIpc) is 2.91. The molecule has 0 spiro atoms. The fourth-order valence-corrected chi connectivity index (χ4v) is 1.54. The number of methoxy groups -OCH3 is 1. The van der Waals surface area contributed by atoms with Crippen molar-refractivity contribution < 1.29 is 28.6 Å². The van der Waals surface area contributed by atoms with Crippen LogP contribution < -0.4 is 5.32 Å². The van der Waals surface area contributed by atoms with Gasteiger partial charge in [-0.1, -0.05) is 6.92 Å². The Morgan fingerprint density at radius 3 is 2.60 bits per heavy atom. The Morgan fingerprint density at radius 2 is 2.10 bits per heavy atom. The van der Waals surface area contributed by atoms with Gasteiger partial charge in [0.2, 0.25) is 0 Å². The maximum atomic E-state index is 11.8. The number of amides is 1. The Hall–Kier alpha value is -2.31. The molecule has 0 bridgehead atoms. The molecule has 0 unspecified atom stereocenters. The number of carbonyl (C=O) groups is 3. The van der Waals surface area contributed by atoms with Crippen LogP contribution in [0.15, 0.2) is 16.5 Å². The summed E-state index contributed by atoms with van der Waals surface area (Å²) in [5.74, 6) is -1.69. The number of esters is 1. The maximum absolute atomic E-state index is 11.8. The van der Waals surface area contributed by atoms with E-state index < -0.39 is 23.9 Å². The summed E-state index contributed by atoms with van der Waals surface area (Å²) in [6, 6.07) is 1.96. The molecule has 110 valence electrons. The minimum Gasteiger partial charge on any atom is -0.480 e. The molecule has 0 aliphatic carbocycles. The molecule has 1 heterocycles. The number of ether oxygens (including phenoxy) is 1. The van der Waals surface area contributed by atoms with E-state index in [4.69, 9.17) is 9.52 Å². The predicted octanol–water partition coefficient (Wildman–Crippen LogP) is 0.978. The first-order valence-electron chi connectivity index (χ1n) is 6.17. The highest BCUT2D eigenvalue weighted by Gasteiger charge is 2.23. The van der Waals surface area contributed by atoms with E-state index >= 15 is 0 Å². The number of furan rings is 1. The van der Waals surface area contributed by atoms with E-state index in [0.29, 0.717) is 12.2 Å². The van der Waals surface area contributed by atoms with Gasteiger partial charge in [0.15, 0.2) is 5.76 Å². The van der Waals surface area contributed by atoms with Crippen LogP contribution in [-0.2, 0) is 20.7 Å². The Bertz CT molecular complexity index is 493. The first-order valence-corrected chi connectivity index (χ1v) is 6.17. The highest BCUT2D eigenvalue weighted by molar-refractivity contribution is 5.94. The number of hydrogen-bond donors (Lipinski definition) is 2. The van der Waals surface area contributed by atoms with Crippen LogP contribution in [0.25, 0.3) is 0 Å². The van der Waals surface area contributed by atoms with Crippen LogP contribution in [0, 0.1) is 0 Å². The van der Waals surface area contributed by atoms with Crippen molar-refractivity contribution in [3.8, 4) is 0 Å². The second-order valence-electron chi connectivity index (χ2n) is 4.10. The van der Waals surface area contributed by atoms with Gasteiger partial charge in [0, 0.05) is 12.8 Å². The fourth-order valence-electron chi connectivity index (χ4n) is 1.54. The number of carboxylic acids is 1. The molecule has 0 aliphatic heterocycles. The number of rotatable bonds is 7. The lowest BCUT2D eigenvalue weighted by molar-refractivity contribution is -0.142. The minimum absolute atomic E-state index is 0.0465. The van der Waals surface area contributed by atoms with E-state index in [1.807, 2.05) is 6.92 Å². The van der Waals surface area contributed by atoms with Crippen molar-refractivity contribution in [3.05, 3.63) is 23.7 Å². The molecular weight excluding hydrogens is 266 g/mol. The minimum atomic E-state index is -1.22. The van der Waals surface area contributed by atoms with Crippen molar-refractivity contribution in [2.45, 2.75) is 32.2 Å². The molecule has 1 atom stereocenters. The molecule has 1 aromatic rings. The molecule has 7 heteroatoms. The number of nitrogens with one attached hydrogen (secondary N) is 1. The summed E-state index contributed by atoms with van der Waals surface area (Å²) in [7, 11) is 1.21. The van der Waals surface area contributed by atoms with Crippen molar-refractivity contribution in [2.24, 2.45) is 0 Å². The first kappa shape index (κ1) is 15.7. The average molecular weight is 283 g/mol. The van der Waals surface area contributed by atoms with E-state index in [9.17, 15) is 14.4 Å². The molecule has 20 heavy (non-hydrogen) atoms. The van der Waals surface area contributed by atoms with Crippen LogP contribution in [0.1, 0.15) is 36.1 Å². The van der Waals surface area contributed by atoms with Crippen LogP contribution in [0.4, 0.5) is 0 Å². The van der Waals surface area contributed by atoms with E-state index in [1.54, 1.807) is 6.07 Å². The van der Waals surface area contributed by atoms with Crippen molar-refractivity contribution in [3.63, 3.8) is 0 Å². The van der Waals surface area contributed by atoms with Gasteiger partial charge in [0.05, 0.1) is 7.11 Å². The second-order valence-corrected chi connectivity index (χ2v) is 4.10.